The Labute approximate surface area is 103 Å². The molecule has 2 rings (SSSR count). The van der Waals surface area contributed by atoms with Gasteiger partial charge in [0.2, 0.25) is 5.91 Å². The quantitative estimate of drug-likeness (QED) is 0.672. The van der Waals surface area contributed by atoms with Gasteiger partial charge < -0.3 is 9.69 Å². The van der Waals surface area contributed by atoms with Crippen molar-refractivity contribution in [2.45, 2.75) is 45.1 Å². The molecule has 1 amide bonds. The second-order valence-electron chi connectivity index (χ2n) is 5.24. The summed E-state index contributed by atoms with van der Waals surface area (Å²) in [6.45, 7) is 5.67. The van der Waals surface area contributed by atoms with Gasteiger partial charge in [0.15, 0.2) is 0 Å². The van der Waals surface area contributed by atoms with E-state index >= 15 is 0 Å². The van der Waals surface area contributed by atoms with Crippen LogP contribution in [0.1, 0.15) is 39.0 Å². The number of Topliss-reactive ketones (excluding diaryl/α,β-unsaturated/α-hetero) is 1. The smallest absolute Gasteiger partial charge is 0.222 e. The molecule has 0 aromatic heterocycles. The maximum absolute atomic E-state index is 11.5. The van der Waals surface area contributed by atoms with Gasteiger partial charge in [0, 0.05) is 38.5 Å². The van der Waals surface area contributed by atoms with Crippen molar-refractivity contribution in [1.29, 1.82) is 0 Å². The number of carbonyl (C=O) groups is 2. The van der Waals surface area contributed by atoms with Crippen LogP contribution in [0.2, 0.25) is 0 Å². The summed E-state index contributed by atoms with van der Waals surface area (Å²) < 4.78 is 0. The van der Waals surface area contributed by atoms with Crippen LogP contribution in [0.5, 0.6) is 0 Å². The number of fused-ring (bicyclic) bond motifs is 1. The zero-order valence-corrected chi connectivity index (χ0v) is 10.7. The standard InChI is InChI=1S/C13H22N2O2/c1-11(16)4-2-3-7-14-8-9-15-12(10-14)5-6-13(15)17/h12H,2-10H2,1H3. The molecule has 0 aromatic rings. The van der Waals surface area contributed by atoms with Crippen LogP contribution in [0.25, 0.3) is 0 Å². The van der Waals surface area contributed by atoms with Gasteiger partial charge in [0.05, 0.1) is 0 Å². The van der Waals surface area contributed by atoms with E-state index in [1.54, 1.807) is 6.92 Å². The zero-order chi connectivity index (χ0) is 12.3. The molecule has 0 aromatic carbocycles. The first-order chi connectivity index (χ1) is 8.16. The van der Waals surface area contributed by atoms with E-state index in [-0.39, 0.29) is 5.78 Å². The van der Waals surface area contributed by atoms with E-state index in [1.165, 1.54) is 0 Å². The third kappa shape index (κ3) is 3.28. The minimum Gasteiger partial charge on any atom is -0.337 e. The molecular formula is C13H22N2O2. The normalized spacial score (nSPS) is 25.1. The van der Waals surface area contributed by atoms with Gasteiger partial charge in [-0.3, -0.25) is 9.69 Å². The number of carbonyl (C=O) groups excluding carboxylic acids is 2. The summed E-state index contributed by atoms with van der Waals surface area (Å²) in [7, 11) is 0. The van der Waals surface area contributed by atoms with E-state index in [0.717, 1.165) is 51.9 Å². The molecule has 2 aliphatic rings. The van der Waals surface area contributed by atoms with Gasteiger partial charge >= 0.3 is 0 Å². The molecule has 0 aliphatic carbocycles. The summed E-state index contributed by atoms with van der Waals surface area (Å²) in [6, 6.07) is 0.462. The predicted molar refractivity (Wildman–Crippen MR) is 65.7 cm³/mol. The van der Waals surface area contributed by atoms with Crippen LogP contribution in [0.4, 0.5) is 0 Å². The van der Waals surface area contributed by atoms with Crippen molar-refractivity contribution in [2.75, 3.05) is 26.2 Å². The summed E-state index contributed by atoms with van der Waals surface area (Å²) in [5, 5.41) is 0. The average Bonchev–Trinajstić information content (AvgIpc) is 2.66. The lowest BCUT2D eigenvalue weighted by atomic mass is 10.1. The number of hydrogen-bond donors (Lipinski definition) is 0. The zero-order valence-electron chi connectivity index (χ0n) is 10.7. The molecule has 1 unspecified atom stereocenters. The number of piperazine rings is 1. The molecule has 4 heteroatoms. The predicted octanol–water partition coefficient (Wildman–Crippen LogP) is 1.05. The first-order valence-electron chi connectivity index (χ1n) is 6.68. The molecule has 2 heterocycles. The fourth-order valence-corrected chi connectivity index (χ4v) is 2.84. The first-order valence-corrected chi connectivity index (χ1v) is 6.68. The van der Waals surface area contributed by atoms with Crippen molar-refractivity contribution < 1.29 is 9.59 Å². The first kappa shape index (κ1) is 12.6. The SMILES string of the molecule is CC(=O)CCCCN1CCN2C(=O)CCC2C1. The average molecular weight is 238 g/mol. The van der Waals surface area contributed by atoms with Gasteiger partial charge in [-0.05, 0) is 32.7 Å². The van der Waals surface area contributed by atoms with Crippen LogP contribution in [0.15, 0.2) is 0 Å². The van der Waals surface area contributed by atoms with Crippen LogP contribution in [0, 0.1) is 0 Å². The van der Waals surface area contributed by atoms with E-state index in [9.17, 15) is 9.59 Å². The van der Waals surface area contributed by atoms with Crippen LogP contribution in [0.3, 0.4) is 0 Å². The van der Waals surface area contributed by atoms with E-state index in [1.807, 2.05) is 4.90 Å². The Balaban J connectivity index is 1.67. The number of unbranched alkanes of at least 4 members (excludes halogenated alkanes) is 1. The molecule has 2 aliphatic heterocycles. The topological polar surface area (TPSA) is 40.6 Å². The van der Waals surface area contributed by atoms with Crippen LogP contribution >= 0.6 is 0 Å². The molecule has 96 valence electrons. The molecule has 4 nitrogen and oxygen atoms in total. The van der Waals surface area contributed by atoms with Gasteiger partial charge in [-0.15, -0.1) is 0 Å². The summed E-state index contributed by atoms with van der Waals surface area (Å²) >= 11 is 0. The molecule has 0 bridgehead atoms. The Morgan fingerprint density at radius 2 is 2.18 bits per heavy atom. The molecule has 0 saturated carbocycles. The Bertz CT molecular complexity index is 304. The summed E-state index contributed by atoms with van der Waals surface area (Å²) in [4.78, 5) is 26.8. The molecule has 0 spiro atoms. The van der Waals surface area contributed by atoms with Crippen LogP contribution < -0.4 is 0 Å². The summed E-state index contributed by atoms with van der Waals surface area (Å²) in [5.41, 5.74) is 0. The highest BCUT2D eigenvalue weighted by Crippen LogP contribution is 2.22. The summed E-state index contributed by atoms with van der Waals surface area (Å²) in [5.74, 6) is 0.627. The molecule has 2 saturated heterocycles. The van der Waals surface area contributed by atoms with Gasteiger partial charge in [0.1, 0.15) is 5.78 Å². The molecule has 2 fully saturated rings. The number of hydrogen-bond acceptors (Lipinski definition) is 3. The molecule has 17 heavy (non-hydrogen) atoms. The number of nitrogens with zero attached hydrogens (tertiary/aromatic N) is 2. The Morgan fingerprint density at radius 1 is 1.35 bits per heavy atom. The molecular weight excluding hydrogens is 216 g/mol. The lowest BCUT2D eigenvalue weighted by Crippen LogP contribution is -2.51. The van der Waals surface area contributed by atoms with Crippen LogP contribution in [-0.2, 0) is 9.59 Å². The maximum atomic E-state index is 11.5. The minimum atomic E-state index is 0.288. The second-order valence-corrected chi connectivity index (χ2v) is 5.24. The van der Waals surface area contributed by atoms with E-state index in [4.69, 9.17) is 0 Å². The van der Waals surface area contributed by atoms with Crippen molar-refractivity contribution >= 4 is 11.7 Å². The fraction of sp³-hybridized carbons (Fsp3) is 0.846. The van der Waals surface area contributed by atoms with Crippen LogP contribution in [-0.4, -0.2) is 53.7 Å². The van der Waals surface area contributed by atoms with Crippen molar-refractivity contribution in [3.8, 4) is 0 Å². The monoisotopic (exact) mass is 238 g/mol. The fourth-order valence-electron chi connectivity index (χ4n) is 2.84. The number of rotatable bonds is 5. The van der Waals surface area contributed by atoms with E-state index < -0.39 is 0 Å². The number of amides is 1. The van der Waals surface area contributed by atoms with Gasteiger partial charge in [-0.1, -0.05) is 0 Å². The van der Waals surface area contributed by atoms with Gasteiger partial charge in [0.25, 0.3) is 0 Å². The highest BCUT2D eigenvalue weighted by molar-refractivity contribution is 5.79. The molecule has 1 atom stereocenters. The van der Waals surface area contributed by atoms with E-state index in [2.05, 4.69) is 4.90 Å². The van der Waals surface area contributed by atoms with Gasteiger partial charge in [-0.25, -0.2) is 0 Å². The van der Waals surface area contributed by atoms with Crippen molar-refractivity contribution in [2.24, 2.45) is 0 Å². The van der Waals surface area contributed by atoms with E-state index in [0.29, 0.717) is 18.4 Å². The lowest BCUT2D eigenvalue weighted by Gasteiger charge is -2.37. The highest BCUT2D eigenvalue weighted by Gasteiger charge is 2.34. The Morgan fingerprint density at radius 3 is 2.94 bits per heavy atom. The van der Waals surface area contributed by atoms with Crippen molar-refractivity contribution in [3.63, 3.8) is 0 Å². The second kappa shape index (κ2) is 5.63. The third-order valence-corrected chi connectivity index (χ3v) is 3.83. The third-order valence-electron chi connectivity index (χ3n) is 3.83. The Kier molecular flexibility index (Phi) is 4.15. The van der Waals surface area contributed by atoms with Crippen molar-refractivity contribution in [1.82, 2.24) is 9.80 Å². The summed E-state index contributed by atoms with van der Waals surface area (Å²) in [6.07, 6.45) is 4.58. The number of ketones is 1. The Hall–Kier alpha value is -0.900. The molecule has 0 N–H and O–H groups in total. The highest BCUT2D eigenvalue weighted by atomic mass is 16.2. The largest absolute Gasteiger partial charge is 0.337 e. The molecule has 0 radical (unpaired) electrons. The lowest BCUT2D eigenvalue weighted by molar-refractivity contribution is -0.130. The van der Waals surface area contributed by atoms with Crippen molar-refractivity contribution in [3.05, 3.63) is 0 Å². The maximum Gasteiger partial charge on any atom is 0.222 e. The van der Waals surface area contributed by atoms with Gasteiger partial charge in [-0.2, -0.15) is 0 Å². The minimum absolute atomic E-state index is 0.288.